The zero-order valence-corrected chi connectivity index (χ0v) is 13.2. The van der Waals surface area contributed by atoms with Gasteiger partial charge in [-0.3, -0.25) is 4.79 Å². The maximum absolute atomic E-state index is 11.7. The van der Waals surface area contributed by atoms with Gasteiger partial charge in [0.05, 0.1) is 0 Å². The molecular formula is C17H23N3O. The molecule has 0 fully saturated rings. The monoisotopic (exact) mass is 285 g/mol. The van der Waals surface area contributed by atoms with E-state index in [1.54, 1.807) is 6.08 Å². The van der Waals surface area contributed by atoms with Crippen LogP contribution in [0.1, 0.15) is 11.3 Å². The third kappa shape index (κ3) is 3.95. The average Bonchev–Trinajstić information content (AvgIpc) is 2.71. The molecule has 0 saturated heterocycles. The Hall–Kier alpha value is -2.07. The Kier molecular flexibility index (Phi) is 4.81. The summed E-state index contributed by atoms with van der Waals surface area (Å²) in [5.41, 5.74) is 3.56. The molecule has 2 aromatic rings. The number of fused-ring (bicyclic) bond motifs is 1. The minimum Gasteiger partial charge on any atom is -0.348 e. The minimum absolute atomic E-state index is 0.0545. The topological polar surface area (TPSA) is 37.3 Å². The first-order valence-corrected chi connectivity index (χ1v) is 7.11. The van der Waals surface area contributed by atoms with Gasteiger partial charge >= 0.3 is 0 Å². The van der Waals surface area contributed by atoms with E-state index in [2.05, 4.69) is 48.1 Å². The zero-order chi connectivity index (χ0) is 15.4. The van der Waals surface area contributed by atoms with Gasteiger partial charge in [-0.2, -0.15) is 0 Å². The second-order valence-corrected chi connectivity index (χ2v) is 5.62. The molecule has 0 spiro atoms. The van der Waals surface area contributed by atoms with Crippen molar-refractivity contribution in [2.75, 3.05) is 20.6 Å². The summed E-state index contributed by atoms with van der Waals surface area (Å²) in [5.74, 6) is -0.0545. The summed E-state index contributed by atoms with van der Waals surface area (Å²) in [6, 6.07) is 8.46. The summed E-state index contributed by atoms with van der Waals surface area (Å²) in [6.45, 7) is 3.41. The number of aromatic nitrogens is 1. The molecule has 0 aliphatic heterocycles. The van der Waals surface area contributed by atoms with Gasteiger partial charge in [0.1, 0.15) is 0 Å². The standard InChI is InChI=1S/C17H23N3O/c1-13-10-15-11-14(7-8-16(15)20(13)4)12-18-17(21)6-5-9-19(2)3/h5-8,10-11H,9,12H2,1-4H3,(H,18,21)/b6-5+. The van der Waals surface area contributed by atoms with Gasteiger partial charge in [-0.25, -0.2) is 0 Å². The lowest BCUT2D eigenvalue weighted by Crippen LogP contribution is -2.21. The first-order chi connectivity index (χ1) is 9.97. The molecular weight excluding hydrogens is 262 g/mol. The molecule has 0 aliphatic carbocycles. The molecule has 0 radical (unpaired) electrons. The summed E-state index contributed by atoms with van der Waals surface area (Å²) in [7, 11) is 6.01. The SMILES string of the molecule is Cc1cc2cc(CNC(=O)/C=C/CN(C)C)ccc2n1C. The number of carbonyl (C=O) groups is 1. The van der Waals surface area contributed by atoms with Crippen LogP contribution in [0.4, 0.5) is 0 Å². The number of nitrogens with one attached hydrogen (secondary N) is 1. The summed E-state index contributed by atoms with van der Waals surface area (Å²) in [6.07, 6.45) is 3.45. The van der Waals surface area contributed by atoms with Crippen LogP contribution in [-0.2, 0) is 18.4 Å². The second-order valence-electron chi connectivity index (χ2n) is 5.62. The highest BCUT2D eigenvalue weighted by atomic mass is 16.1. The molecule has 21 heavy (non-hydrogen) atoms. The van der Waals surface area contributed by atoms with E-state index < -0.39 is 0 Å². The van der Waals surface area contributed by atoms with Crippen molar-refractivity contribution in [3.8, 4) is 0 Å². The number of amides is 1. The summed E-state index contributed by atoms with van der Waals surface area (Å²) in [5, 5.41) is 4.12. The van der Waals surface area contributed by atoms with Gasteiger partial charge in [-0.1, -0.05) is 12.1 Å². The van der Waals surface area contributed by atoms with Crippen molar-refractivity contribution in [1.82, 2.24) is 14.8 Å². The zero-order valence-electron chi connectivity index (χ0n) is 13.2. The van der Waals surface area contributed by atoms with Crippen LogP contribution in [0.25, 0.3) is 10.9 Å². The lowest BCUT2D eigenvalue weighted by atomic mass is 10.1. The fraction of sp³-hybridized carbons (Fsp3) is 0.353. The quantitative estimate of drug-likeness (QED) is 0.855. The fourth-order valence-corrected chi connectivity index (χ4v) is 2.27. The normalized spacial score (nSPS) is 11.7. The average molecular weight is 285 g/mol. The number of nitrogens with zero attached hydrogens (tertiary/aromatic N) is 2. The molecule has 4 heteroatoms. The number of benzene rings is 1. The molecule has 1 heterocycles. The van der Waals surface area contributed by atoms with E-state index in [9.17, 15) is 4.79 Å². The second kappa shape index (κ2) is 6.59. The van der Waals surface area contributed by atoms with Crippen LogP contribution in [-0.4, -0.2) is 36.0 Å². The van der Waals surface area contributed by atoms with Gasteiger partial charge in [0, 0.05) is 42.8 Å². The third-order valence-corrected chi connectivity index (χ3v) is 3.55. The van der Waals surface area contributed by atoms with E-state index in [-0.39, 0.29) is 5.91 Å². The molecule has 0 bridgehead atoms. The van der Waals surface area contributed by atoms with Crippen LogP contribution in [0.3, 0.4) is 0 Å². The molecule has 0 atom stereocenters. The number of carbonyl (C=O) groups excluding carboxylic acids is 1. The summed E-state index contributed by atoms with van der Waals surface area (Å²) >= 11 is 0. The summed E-state index contributed by atoms with van der Waals surface area (Å²) < 4.78 is 2.17. The van der Waals surface area contributed by atoms with Gasteiger partial charge in [0.2, 0.25) is 5.91 Å². The highest BCUT2D eigenvalue weighted by Gasteiger charge is 2.03. The molecule has 0 aliphatic rings. The Morgan fingerprint density at radius 3 is 2.81 bits per heavy atom. The van der Waals surface area contributed by atoms with Gasteiger partial charge in [-0.05, 0) is 44.8 Å². The van der Waals surface area contributed by atoms with Crippen molar-refractivity contribution in [3.05, 3.63) is 47.7 Å². The summed E-state index contributed by atoms with van der Waals surface area (Å²) in [4.78, 5) is 13.7. The van der Waals surface area contributed by atoms with Crippen LogP contribution in [0.2, 0.25) is 0 Å². The van der Waals surface area contributed by atoms with Crippen molar-refractivity contribution < 1.29 is 4.79 Å². The minimum atomic E-state index is -0.0545. The maximum atomic E-state index is 11.7. The molecule has 4 nitrogen and oxygen atoms in total. The molecule has 1 aromatic carbocycles. The number of likely N-dealkylation sites (N-methyl/N-ethyl adjacent to an activating group) is 1. The van der Waals surface area contributed by atoms with Crippen LogP contribution in [0.15, 0.2) is 36.4 Å². The highest BCUT2D eigenvalue weighted by molar-refractivity contribution is 5.87. The predicted octanol–water partition coefficient (Wildman–Crippen LogP) is 2.22. The number of hydrogen-bond acceptors (Lipinski definition) is 2. The molecule has 2 rings (SSSR count). The van der Waals surface area contributed by atoms with E-state index in [0.29, 0.717) is 6.54 Å². The third-order valence-electron chi connectivity index (χ3n) is 3.55. The van der Waals surface area contributed by atoms with E-state index in [1.165, 1.54) is 16.6 Å². The van der Waals surface area contributed by atoms with Crippen molar-refractivity contribution in [2.24, 2.45) is 7.05 Å². The van der Waals surface area contributed by atoms with E-state index in [1.807, 2.05) is 25.1 Å². The number of rotatable bonds is 5. The van der Waals surface area contributed by atoms with Crippen LogP contribution in [0.5, 0.6) is 0 Å². The van der Waals surface area contributed by atoms with E-state index in [0.717, 1.165) is 12.1 Å². The lowest BCUT2D eigenvalue weighted by Gasteiger charge is -2.05. The molecule has 112 valence electrons. The highest BCUT2D eigenvalue weighted by Crippen LogP contribution is 2.19. The molecule has 0 saturated carbocycles. The van der Waals surface area contributed by atoms with Crippen molar-refractivity contribution in [2.45, 2.75) is 13.5 Å². The molecule has 1 aromatic heterocycles. The van der Waals surface area contributed by atoms with E-state index >= 15 is 0 Å². The molecule has 0 unspecified atom stereocenters. The Bertz CT molecular complexity index is 668. The number of aryl methyl sites for hydroxylation is 2. The maximum Gasteiger partial charge on any atom is 0.243 e. The van der Waals surface area contributed by atoms with Crippen LogP contribution >= 0.6 is 0 Å². The van der Waals surface area contributed by atoms with Gasteiger partial charge in [0.25, 0.3) is 0 Å². The smallest absolute Gasteiger partial charge is 0.243 e. The predicted molar refractivity (Wildman–Crippen MR) is 87.2 cm³/mol. The Balaban J connectivity index is 1.97. The molecule has 1 amide bonds. The van der Waals surface area contributed by atoms with Gasteiger partial charge in [0.15, 0.2) is 0 Å². The fourth-order valence-electron chi connectivity index (χ4n) is 2.27. The number of hydrogen-bond donors (Lipinski definition) is 1. The Morgan fingerprint density at radius 1 is 1.33 bits per heavy atom. The molecule has 1 N–H and O–H groups in total. The Morgan fingerprint density at radius 2 is 2.10 bits per heavy atom. The largest absolute Gasteiger partial charge is 0.348 e. The van der Waals surface area contributed by atoms with Crippen molar-refractivity contribution in [1.29, 1.82) is 0 Å². The van der Waals surface area contributed by atoms with Crippen molar-refractivity contribution >= 4 is 16.8 Å². The van der Waals surface area contributed by atoms with Crippen LogP contribution in [0, 0.1) is 6.92 Å². The lowest BCUT2D eigenvalue weighted by molar-refractivity contribution is -0.116. The Labute approximate surface area is 126 Å². The van der Waals surface area contributed by atoms with Crippen molar-refractivity contribution in [3.63, 3.8) is 0 Å². The van der Waals surface area contributed by atoms with Crippen LogP contribution < -0.4 is 5.32 Å². The first kappa shape index (κ1) is 15.3. The van der Waals surface area contributed by atoms with E-state index in [4.69, 9.17) is 0 Å². The van der Waals surface area contributed by atoms with Gasteiger partial charge < -0.3 is 14.8 Å². The van der Waals surface area contributed by atoms with Gasteiger partial charge in [-0.15, -0.1) is 0 Å². The first-order valence-electron chi connectivity index (χ1n) is 7.11.